The fourth-order valence-electron chi connectivity index (χ4n) is 0.985. The third kappa shape index (κ3) is 7.69. The molecule has 1 aromatic rings. The van der Waals surface area contributed by atoms with Gasteiger partial charge in [-0.05, 0) is 20.7 Å². The summed E-state index contributed by atoms with van der Waals surface area (Å²) in [5, 5.41) is 0. The molecule has 0 unspecified atom stereocenters. The van der Waals surface area contributed by atoms with Gasteiger partial charge >= 0.3 is 28.9 Å². The molecule has 0 aliphatic rings. The number of aliphatic imine (C=N–C) groups is 1. The van der Waals surface area contributed by atoms with Gasteiger partial charge in [0.1, 0.15) is 0 Å². The standard InChI is InChI=1S/C8H15N5S2.ClH3O4/c1-9-6(12(3)4)11-8-13(5)7(10-2)14-15-8;2-1(3,4)5/h1-5H3;2-4H/b9-6?,10-7?,11-8-;. The zero-order chi connectivity index (χ0) is 15.9. The molecule has 9 nitrogen and oxygen atoms in total. The zero-order valence-electron chi connectivity index (χ0n) is 11.7. The van der Waals surface area contributed by atoms with Crippen LogP contribution in [0.15, 0.2) is 15.0 Å². The van der Waals surface area contributed by atoms with Crippen molar-refractivity contribution in [2.45, 2.75) is 0 Å². The van der Waals surface area contributed by atoms with Crippen molar-refractivity contribution in [3.05, 3.63) is 9.60 Å². The van der Waals surface area contributed by atoms with Crippen molar-refractivity contribution >= 4 is 26.6 Å². The number of hydrogen-bond donors (Lipinski definition) is 3. The summed E-state index contributed by atoms with van der Waals surface area (Å²) in [6, 6.07) is 0. The second-order valence-electron chi connectivity index (χ2n) is 3.48. The number of nitrogens with zero attached hydrogens (tertiary/aromatic N) is 5. The summed E-state index contributed by atoms with van der Waals surface area (Å²) >= 11 is 0. The third-order valence-corrected chi connectivity index (χ3v) is 4.10. The molecule has 20 heavy (non-hydrogen) atoms. The number of rotatable bonds is 0. The molecule has 0 radical (unpaired) electrons. The van der Waals surface area contributed by atoms with E-state index < -0.39 is 10.2 Å². The minimum absolute atomic E-state index is 0.710. The van der Waals surface area contributed by atoms with Gasteiger partial charge in [0.05, 0.1) is 0 Å². The summed E-state index contributed by atoms with van der Waals surface area (Å²) in [7, 11) is 8.34. The Morgan fingerprint density at radius 3 is 1.95 bits per heavy atom. The maximum absolute atomic E-state index is 8.83. The van der Waals surface area contributed by atoms with Gasteiger partial charge in [0, 0.05) is 35.2 Å². The van der Waals surface area contributed by atoms with Crippen molar-refractivity contribution in [3.8, 4) is 0 Å². The summed E-state index contributed by atoms with van der Waals surface area (Å²) in [5.41, 5.74) is 0. The van der Waals surface area contributed by atoms with Crippen molar-refractivity contribution < 1.29 is 28.9 Å². The first-order valence-electron chi connectivity index (χ1n) is 5.04. The first-order valence-corrected chi connectivity index (χ1v) is 8.51. The quantitative estimate of drug-likeness (QED) is 0.266. The molecule has 12 heteroatoms. The Labute approximate surface area is 125 Å². The van der Waals surface area contributed by atoms with E-state index >= 15 is 0 Å². The Balaban J connectivity index is 0.000000621. The van der Waals surface area contributed by atoms with Gasteiger partial charge < -0.3 is 4.90 Å². The van der Waals surface area contributed by atoms with Gasteiger partial charge in [-0.25, -0.2) is 0 Å². The minimum atomic E-state index is -4.19. The van der Waals surface area contributed by atoms with Crippen molar-refractivity contribution in [1.29, 1.82) is 0 Å². The van der Waals surface area contributed by atoms with E-state index in [0.717, 1.165) is 9.60 Å². The van der Waals surface area contributed by atoms with E-state index in [4.69, 9.17) is 18.6 Å². The second kappa shape index (κ2) is 8.46. The van der Waals surface area contributed by atoms with E-state index in [0.29, 0.717) is 5.96 Å². The second-order valence-corrected chi connectivity index (χ2v) is 6.41. The molecule has 1 rings (SSSR count). The van der Waals surface area contributed by atoms with Crippen LogP contribution in [0, 0.1) is 10.2 Å². The average Bonchev–Trinajstić information content (AvgIpc) is 2.64. The molecule has 0 aromatic carbocycles. The summed E-state index contributed by atoms with van der Waals surface area (Å²) in [6.45, 7) is 0. The topological polar surface area (TPSA) is 129 Å². The van der Waals surface area contributed by atoms with Gasteiger partial charge in [-0.2, -0.15) is 4.99 Å². The number of halogens is 1. The van der Waals surface area contributed by atoms with Gasteiger partial charge in [0.15, 0.2) is 4.80 Å². The fourth-order valence-corrected chi connectivity index (χ4v) is 3.23. The van der Waals surface area contributed by atoms with Crippen LogP contribution in [-0.4, -0.2) is 57.6 Å². The van der Waals surface area contributed by atoms with Crippen LogP contribution >= 0.6 is 20.7 Å². The normalized spacial score (nSPS) is 14.9. The van der Waals surface area contributed by atoms with Crippen molar-refractivity contribution in [2.24, 2.45) is 22.0 Å². The molecule has 1 aromatic heterocycles. The van der Waals surface area contributed by atoms with E-state index in [-0.39, 0.29) is 0 Å². The first-order chi connectivity index (χ1) is 9.10. The van der Waals surface area contributed by atoms with Gasteiger partial charge in [-0.1, -0.05) is 0 Å². The molecule has 118 valence electrons. The Kier molecular flexibility index (Phi) is 8.12. The summed E-state index contributed by atoms with van der Waals surface area (Å²) in [5.74, 6) is 0.710. The molecule has 0 spiro atoms. The molecule has 0 aliphatic carbocycles. The number of guanidine groups is 1. The van der Waals surface area contributed by atoms with Crippen LogP contribution in [0.3, 0.4) is 0 Å². The predicted molar refractivity (Wildman–Crippen MR) is 71.9 cm³/mol. The van der Waals surface area contributed by atoms with Gasteiger partial charge in [0.2, 0.25) is 10.8 Å². The van der Waals surface area contributed by atoms with Crippen LogP contribution in [0.25, 0.3) is 0 Å². The number of aromatic nitrogens is 1. The first kappa shape index (κ1) is 19.2. The van der Waals surface area contributed by atoms with Crippen LogP contribution in [0.4, 0.5) is 0 Å². The molecule has 0 atom stereocenters. The Morgan fingerprint density at radius 1 is 1.20 bits per heavy atom. The van der Waals surface area contributed by atoms with Crippen LogP contribution in [0.5, 0.6) is 0 Å². The summed E-state index contributed by atoms with van der Waals surface area (Å²) in [6.07, 6.45) is 0. The molecule has 0 aliphatic heterocycles. The number of hydrogen-bond acceptors (Lipinski definition) is 8. The van der Waals surface area contributed by atoms with Gasteiger partial charge in [-0.3, -0.25) is 14.6 Å². The predicted octanol–water partition coefficient (Wildman–Crippen LogP) is -2.73. The van der Waals surface area contributed by atoms with E-state index in [2.05, 4.69) is 15.0 Å². The van der Waals surface area contributed by atoms with Crippen LogP contribution in [0.1, 0.15) is 0 Å². The monoisotopic (exact) mass is 347 g/mol. The van der Waals surface area contributed by atoms with Crippen LogP contribution in [0.2, 0.25) is 0 Å². The molecule has 0 saturated heterocycles. The molecule has 0 amide bonds. The van der Waals surface area contributed by atoms with Crippen molar-refractivity contribution in [3.63, 3.8) is 0 Å². The molecular weight excluding hydrogens is 330 g/mol. The fraction of sp³-hybridized carbons (Fsp3) is 0.625. The van der Waals surface area contributed by atoms with Crippen molar-refractivity contribution in [1.82, 2.24) is 9.47 Å². The third-order valence-electron chi connectivity index (χ3n) is 1.75. The molecule has 0 bridgehead atoms. The average molecular weight is 348 g/mol. The Bertz CT molecular complexity index is 562. The zero-order valence-corrected chi connectivity index (χ0v) is 14.1. The molecule has 1 heterocycles. The Hall–Kier alpha value is -0.820. The van der Waals surface area contributed by atoms with E-state index in [1.807, 2.05) is 30.6 Å². The van der Waals surface area contributed by atoms with Crippen LogP contribution < -0.4 is 14.3 Å². The van der Waals surface area contributed by atoms with Gasteiger partial charge in [-0.15, -0.1) is 0 Å². The van der Waals surface area contributed by atoms with Gasteiger partial charge in [0.25, 0.3) is 0 Å². The Morgan fingerprint density at radius 2 is 1.65 bits per heavy atom. The maximum atomic E-state index is 8.83. The summed E-state index contributed by atoms with van der Waals surface area (Å²) < 4.78 is 32.2. The van der Waals surface area contributed by atoms with E-state index in [1.54, 1.807) is 34.8 Å². The molecule has 0 saturated carbocycles. The SMILES string of the molecule is CN=C(/N=c1\ssc(=NC)n1C)N(C)C.[O-][Cl+](O)(O)O. The van der Waals surface area contributed by atoms with Crippen molar-refractivity contribution in [2.75, 3.05) is 28.2 Å². The molecule has 0 fully saturated rings. The van der Waals surface area contributed by atoms with Crippen LogP contribution in [-0.2, 0) is 7.05 Å². The van der Waals surface area contributed by atoms with E-state index in [9.17, 15) is 0 Å². The molecule has 3 N–H and O–H groups in total. The molecular formula is C8H18ClN5O4S2. The summed E-state index contributed by atoms with van der Waals surface area (Å²) in [4.78, 5) is 16.5. The van der Waals surface area contributed by atoms with E-state index in [1.165, 1.54) is 0 Å².